The molecular weight excluding hydrogens is 442 g/mol. The predicted molar refractivity (Wildman–Crippen MR) is 115 cm³/mol. The van der Waals surface area contributed by atoms with Crippen LogP contribution >= 0.6 is 27.7 Å². The molecule has 144 valence electrons. The second-order valence-electron chi connectivity index (χ2n) is 6.04. The number of nitrogens with one attached hydrogen (secondary N) is 1. The Morgan fingerprint density at radius 2 is 1.96 bits per heavy atom. The first-order valence-corrected chi connectivity index (χ1v) is 10.4. The molecule has 8 heteroatoms. The SMILES string of the molecule is CCn1c(SCC(=O)Nc2ccccc2C(C)=O)nc2ccc(Br)cc2c1=O. The number of rotatable bonds is 6. The minimum atomic E-state index is -0.272. The number of hydrogen-bond donors (Lipinski definition) is 1. The van der Waals surface area contributed by atoms with Crippen LogP contribution in [0.15, 0.2) is 56.9 Å². The van der Waals surface area contributed by atoms with Crippen LogP contribution in [-0.2, 0) is 11.3 Å². The van der Waals surface area contributed by atoms with Gasteiger partial charge in [0, 0.05) is 16.6 Å². The molecule has 2 aromatic carbocycles. The fourth-order valence-electron chi connectivity index (χ4n) is 2.78. The van der Waals surface area contributed by atoms with Crippen molar-refractivity contribution < 1.29 is 9.59 Å². The topological polar surface area (TPSA) is 81.1 Å². The number of aromatic nitrogens is 2. The molecule has 1 N–H and O–H groups in total. The van der Waals surface area contributed by atoms with E-state index in [9.17, 15) is 14.4 Å². The first-order chi connectivity index (χ1) is 13.4. The fourth-order valence-corrected chi connectivity index (χ4v) is 4.00. The summed E-state index contributed by atoms with van der Waals surface area (Å²) in [6.07, 6.45) is 0. The smallest absolute Gasteiger partial charge is 0.262 e. The normalized spacial score (nSPS) is 10.8. The number of thioether (sulfide) groups is 1. The molecule has 3 aromatic rings. The maximum Gasteiger partial charge on any atom is 0.262 e. The minimum Gasteiger partial charge on any atom is -0.325 e. The van der Waals surface area contributed by atoms with Gasteiger partial charge in [-0.15, -0.1) is 0 Å². The van der Waals surface area contributed by atoms with Crippen molar-refractivity contribution in [3.63, 3.8) is 0 Å². The number of fused-ring (bicyclic) bond motifs is 1. The number of benzene rings is 2. The Morgan fingerprint density at radius 1 is 1.21 bits per heavy atom. The van der Waals surface area contributed by atoms with Crippen LogP contribution in [0, 0.1) is 0 Å². The number of halogens is 1. The molecule has 0 atom stereocenters. The zero-order valence-corrected chi connectivity index (χ0v) is 17.8. The molecule has 0 fully saturated rings. The third kappa shape index (κ3) is 4.34. The van der Waals surface area contributed by atoms with Gasteiger partial charge in [0.15, 0.2) is 10.9 Å². The van der Waals surface area contributed by atoms with E-state index in [1.165, 1.54) is 18.7 Å². The standard InChI is InChI=1S/C20H18BrN3O3S/c1-3-24-19(27)15-10-13(21)8-9-17(15)23-20(24)28-11-18(26)22-16-7-5-4-6-14(16)12(2)25/h4-10H,3,11H2,1-2H3,(H,22,26). The van der Waals surface area contributed by atoms with Gasteiger partial charge in [0.05, 0.1) is 22.3 Å². The molecule has 0 spiro atoms. The number of nitrogens with zero attached hydrogens (tertiary/aromatic N) is 2. The van der Waals surface area contributed by atoms with Crippen molar-refractivity contribution in [3.05, 3.63) is 62.9 Å². The Hall–Kier alpha value is -2.45. The summed E-state index contributed by atoms with van der Waals surface area (Å²) in [7, 11) is 0. The van der Waals surface area contributed by atoms with Crippen LogP contribution < -0.4 is 10.9 Å². The van der Waals surface area contributed by atoms with Crippen LogP contribution in [0.3, 0.4) is 0 Å². The molecule has 1 heterocycles. The first kappa shape index (κ1) is 20.3. The van der Waals surface area contributed by atoms with E-state index in [1.54, 1.807) is 41.0 Å². The summed E-state index contributed by atoms with van der Waals surface area (Å²) in [4.78, 5) is 41.4. The molecule has 28 heavy (non-hydrogen) atoms. The number of ketones is 1. The Bertz CT molecular complexity index is 1130. The molecule has 0 aliphatic heterocycles. The van der Waals surface area contributed by atoms with Crippen molar-refractivity contribution in [1.82, 2.24) is 9.55 Å². The van der Waals surface area contributed by atoms with E-state index in [0.29, 0.717) is 33.9 Å². The Labute approximate surface area is 174 Å². The van der Waals surface area contributed by atoms with Gasteiger partial charge in [-0.1, -0.05) is 39.8 Å². The van der Waals surface area contributed by atoms with Crippen molar-refractivity contribution in [1.29, 1.82) is 0 Å². The number of anilines is 1. The summed E-state index contributed by atoms with van der Waals surface area (Å²) in [6, 6.07) is 12.2. The Morgan fingerprint density at radius 3 is 2.68 bits per heavy atom. The first-order valence-electron chi connectivity index (χ1n) is 8.63. The van der Waals surface area contributed by atoms with Crippen LogP contribution in [0.5, 0.6) is 0 Å². The molecule has 1 aromatic heterocycles. The fraction of sp³-hybridized carbons (Fsp3) is 0.200. The molecular formula is C20H18BrN3O3S. The van der Waals surface area contributed by atoms with Gasteiger partial charge in [0.2, 0.25) is 5.91 Å². The summed E-state index contributed by atoms with van der Waals surface area (Å²) in [5.74, 6) is -0.321. The molecule has 0 aliphatic carbocycles. The largest absolute Gasteiger partial charge is 0.325 e. The minimum absolute atomic E-state index is 0.0702. The quantitative estimate of drug-likeness (QED) is 0.340. The average Bonchev–Trinajstić information content (AvgIpc) is 2.67. The molecule has 0 saturated heterocycles. The number of carbonyl (C=O) groups excluding carboxylic acids is 2. The van der Waals surface area contributed by atoms with E-state index in [4.69, 9.17) is 0 Å². The lowest BCUT2D eigenvalue weighted by molar-refractivity contribution is -0.113. The number of carbonyl (C=O) groups is 2. The van der Waals surface area contributed by atoms with E-state index in [-0.39, 0.29) is 23.0 Å². The molecule has 0 radical (unpaired) electrons. The maximum absolute atomic E-state index is 12.7. The van der Waals surface area contributed by atoms with Gasteiger partial charge >= 0.3 is 0 Å². The van der Waals surface area contributed by atoms with E-state index in [2.05, 4.69) is 26.2 Å². The lowest BCUT2D eigenvalue weighted by atomic mass is 10.1. The highest BCUT2D eigenvalue weighted by molar-refractivity contribution is 9.10. The lowest BCUT2D eigenvalue weighted by Gasteiger charge is -2.12. The van der Waals surface area contributed by atoms with E-state index in [1.807, 2.05) is 13.0 Å². The van der Waals surface area contributed by atoms with Crippen LogP contribution in [0.25, 0.3) is 10.9 Å². The zero-order chi connectivity index (χ0) is 20.3. The van der Waals surface area contributed by atoms with E-state index >= 15 is 0 Å². The van der Waals surface area contributed by atoms with Crippen molar-refractivity contribution >= 4 is 56.0 Å². The van der Waals surface area contributed by atoms with Gasteiger partial charge in [-0.3, -0.25) is 19.0 Å². The summed E-state index contributed by atoms with van der Waals surface area (Å²) in [5.41, 5.74) is 1.38. The predicted octanol–water partition coefficient (Wildman–Crippen LogP) is 4.11. The van der Waals surface area contributed by atoms with Gasteiger partial charge in [-0.05, 0) is 44.2 Å². The van der Waals surface area contributed by atoms with E-state index in [0.717, 1.165) is 4.47 Å². The van der Waals surface area contributed by atoms with Crippen molar-refractivity contribution in [2.45, 2.75) is 25.5 Å². The Kier molecular flexibility index (Phi) is 6.31. The van der Waals surface area contributed by atoms with Crippen LogP contribution in [0.4, 0.5) is 5.69 Å². The second-order valence-corrected chi connectivity index (χ2v) is 7.90. The van der Waals surface area contributed by atoms with Crippen LogP contribution in [0.1, 0.15) is 24.2 Å². The summed E-state index contributed by atoms with van der Waals surface area (Å²) in [6.45, 7) is 3.77. The highest BCUT2D eigenvalue weighted by atomic mass is 79.9. The van der Waals surface area contributed by atoms with Crippen molar-refractivity contribution in [2.75, 3.05) is 11.1 Å². The van der Waals surface area contributed by atoms with E-state index < -0.39 is 0 Å². The number of hydrogen-bond acceptors (Lipinski definition) is 5. The Balaban J connectivity index is 1.82. The van der Waals surface area contributed by atoms with Gasteiger partial charge in [0.1, 0.15) is 0 Å². The lowest BCUT2D eigenvalue weighted by Crippen LogP contribution is -2.23. The third-order valence-corrected chi connectivity index (χ3v) is 5.58. The molecule has 0 bridgehead atoms. The number of amides is 1. The molecule has 6 nitrogen and oxygen atoms in total. The zero-order valence-electron chi connectivity index (χ0n) is 15.4. The van der Waals surface area contributed by atoms with Gasteiger partial charge < -0.3 is 5.32 Å². The number of para-hydroxylation sites is 1. The maximum atomic E-state index is 12.7. The summed E-state index contributed by atoms with van der Waals surface area (Å²) >= 11 is 4.56. The summed E-state index contributed by atoms with van der Waals surface area (Å²) in [5, 5.41) is 3.77. The van der Waals surface area contributed by atoms with Crippen molar-refractivity contribution in [3.8, 4) is 0 Å². The molecule has 3 rings (SSSR count). The molecule has 0 saturated carbocycles. The monoisotopic (exact) mass is 459 g/mol. The second kappa shape index (κ2) is 8.70. The van der Waals surface area contributed by atoms with Gasteiger partial charge in [-0.2, -0.15) is 0 Å². The highest BCUT2D eigenvalue weighted by Gasteiger charge is 2.14. The number of Topliss-reactive ketones (excluding diaryl/α,β-unsaturated/α-hetero) is 1. The molecule has 0 unspecified atom stereocenters. The molecule has 1 amide bonds. The van der Waals surface area contributed by atoms with Crippen LogP contribution in [-0.4, -0.2) is 27.0 Å². The molecule has 0 aliphatic rings. The highest BCUT2D eigenvalue weighted by Crippen LogP contribution is 2.21. The van der Waals surface area contributed by atoms with Gasteiger partial charge in [-0.25, -0.2) is 4.98 Å². The van der Waals surface area contributed by atoms with Gasteiger partial charge in [0.25, 0.3) is 5.56 Å². The van der Waals surface area contributed by atoms with Crippen LogP contribution in [0.2, 0.25) is 0 Å². The van der Waals surface area contributed by atoms with Crippen molar-refractivity contribution in [2.24, 2.45) is 0 Å². The third-order valence-electron chi connectivity index (χ3n) is 4.11. The average molecular weight is 460 g/mol. The summed E-state index contributed by atoms with van der Waals surface area (Å²) < 4.78 is 2.36.